The van der Waals surface area contributed by atoms with E-state index in [1.807, 2.05) is 0 Å². The molecule has 0 aliphatic carbocycles. The van der Waals surface area contributed by atoms with E-state index in [0.717, 1.165) is 32.7 Å². The predicted molar refractivity (Wildman–Crippen MR) is 71.9 cm³/mol. The van der Waals surface area contributed by atoms with Crippen LogP contribution in [0.1, 0.15) is 5.56 Å². The molecule has 19 heavy (non-hydrogen) atoms. The lowest BCUT2D eigenvalue weighted by Crippen LogP contribution is -2.63. The van der Waals surface area contributed by atoms with Gasteiger partial charge in [0.2, 0.25) is 0 Å². The Morgan fingerprint density at radius 3 is 2.68 bits per heavy atom. The van der Waals surface area contributed by atoms with Crippen molar-refractivity contribution in [3.63, 3.8) is 0 Å². The highest BCUT2D eigenvalue weighted by Gasteiger charge is 2.36. The molecule has 1 aromatic rings. The Bertz CT molecular complexity index is 500. The molecule has 3 nitrogen and oxygen atoms in total. The number of fused-ring (bicyclic) bond motifs is 3. The van der Waals surface area contributed by atoms with Gasteiger partial charge in [-0.25, -0.2) is 4.39 Å². The highest BCUT2D eigenvalue weighted by molar-refractivity contribution is 6.30. The van der Waals surface area contributed by atoms with Gasteiger partial charge < -0.3 is 0 Å². The van der Waals surface area contributed by atoms with Gasteiger partial charge in [-0.05, 0) is 23.8 Å². The SMILES string of the molecule is O=C(Cc1cc(Cl)ccc1F)C1CN2CCN1CC2. The van der Waals surface area contributed by atoms with E-state index in [9.17, 15) is 9.18 Å². The molecule has 0 aromatic heterocycles. The summed E-state index contributed by atoms with van der Waals surface area (Å²) < 4.78 is 13.7. The van der Waals surface area contributed by atoms with Crippen molar-refractivity contribution in [2.24, 2.45) is 0 Å². The fourth-order valence-electron chi connectivity index (χ4n) is 2.91. The molecule has 0 spiro atoms. The molecule has 0 amide bonds. The Kier molecular flexibility index (Phi) is 3.56. The average Bonchev–Trinajstić information content (AvgIpc) is 2.44. The fraction of sp³-hybridized carbons (Fsp3) is 0.500. The third-order valence-electron chi connectivity index (χ3n) is 4.02. The van der Waals surface area contributed by atoms with Crippen LogP contribution in [0.5, 0.6) is 0 Å². The van der Waals surface area contributed by atoms with Crippen LogP contribution in [-0.4, -0.2) is 54.3 Å². The third-order valence-corrected chi connectivity index (χ3v) is 4.26. The van der Waals surface area contributed by atoms with Crippen LogP contribution in [0.2, 0.25) is 5.02 Å². The number of benzene rings is 1. The first-order valence-corrected chi connectivity index (χ1v) is 6.94. The molecule has 5 heteroatoms. The van der Waals surface area contributed by atoms with Gasteiger partial charge in [-0.2, -0.15) is 0 Å². The summed E-state index contributed by atoms with van der Waals surface area (Å²) in [4.78, 5) is 16.9. The second kappa shape index (κ2) is 5.19. The summed E-state index contributed by atoms with van der Waals surface area (Å²) >= 11 is 5.85. The number of halogens is 2. The van der Waals surface area contributed by atoms with Crippen LogP contribution in [-0.2, 0) is 11.2 Å². The van der Waals surface area contributed by atoms with E-state index in [4.69, 9.17) is 11.6 Å². The lowest BCUT2D eigenvalue weighted by molar-refractivity contribution is -0.128. The summed E-state index contributed by atoms with van der Waals surface area (Å²) in [6, 6.07) is 4.29. The van der Waals surface area contributed by atoms with Gasteiger partial charge in [0.25, 0.3) is 0 Å². The summed E-state index contributed by atoms with van der Waals surface area (Å²) in [6.45, 7) is 4.73. The second-order valence-corrected chi connectivity index (χ2v) is 5.67. The summed E-state index contributed by atoms with van der Waals surface area (Å²) in [5.74, 6) is -0.264. The Morgan fingerprint density at radius 1 is 1.32 bits per heavy atom. The third kappa shape index (κ3) is 2.66. The molecule has 0 radical (unpaired) electrons. The van der Waals surface area contributed by atoms with Crippen LogP contribution in [0.15, 0.2) is 18.2 Å². The van der Waals surface area contributed by atoms with Gasteiger partial charge in [0.1, 0.15) is 5.82 Å². The molecule has 4 rings (SSSR count). The monoisotopic (exact) mass is 282 g/mol. The Morgan fingerprint density at radius 2 is 2.05 bits per heavy atom. The van der Waals surface area contributed by atoms with Crippen molar-refractivity contribution < 1.29 is 9.18 Å². The smallest absolute Gasteiger partial charge is 0.155 e. The maximum atomic E-state index is 13.7. The van der Waals surface area contributed by atoms with E-state index in [1.165, 1.54) is 12.1 Å². The Balaban J connectivity index is 1.73. The lowest BCUT2D eigenvalue weighted by Gasteiger charge is -2.46. The number of Topliss-reactive ketones (excluding diaryl/α,β-unsaturated/α-hetero) is 1. The van der Waals surface area contributed by atoms with Crippen LogP contribution in [0, 0.1) is 5.82 Å². The highest BCUT2D eigenvalue weighted by atomic mass is 35.5. The maximum absolute atomic E-state index is 13.7. The first-order chi connectivity index (χ1) is 9.13. The number of carbonyl (C=O) groups excluding carboxylic acids is 1. The number of hydrogen-bond acceptors (Lipinski definition) is 3. The van der Waals surface area contributed by atoms with E-state index >= 15 is 0 Å². The molecule has 102 valence electrons. The van der Waals surface area contributed by atoms with Crippen molar-refractivity contribution >= 4 is 17.4 Å². The van der Waals surface area contributed by atoms with Crippen molar-refractivity contribution in [2.75, 3.05) is 32.7 Å². The summed E-state index contributed by atoms with van der Waals surface area (Å²) in [5, 5.41) is 0.471. The Labute approximate surface area is 116 Å². The van der Waals surface area contributed by atoms with E-state index in [0.29, 0.717) is 10.6 Å². The number of ketones is 1. The van der Waals surface area contributed by atoms with E-state index < -0.39 is 0 Å². The van der Waals surface area contributed by atoms with Gasteiger partial charge in [0.15, 0.2) is 5.78 Å². The van der Waals surface area contributed by atoms with Gasteiger partial charge in [-0.15, -0.1) is 0 Å². The molecule has 0 saturated carbocycles. The predicted octanol–water partition coefficient (Wildman–Crippen LogP) is 1.59. The van der Waals surface area contributed by atoms with Crippen molar-refractivity contribution in [3.05, 3.63) is 34.6 Å². The van der Waals surface area contributed by atoms with Crippen LogP contribution in [0.25, 0.3) is 0 Å². The number of hydrogen-bond donors (Lipinski definition) is 0. The van der Waals surface area contributed by atoms with Crippen molar-refractivity contribution in [2.45, 2.75) is 12.5 Å². The second-order valence-electron chi connectivity index (χ2n) is 5.23. The first kappa shape index (κ1) is 13.0. The topological polar surface area (TPSA) is 23.6 Å². The summed E-state index contributed by atoms with van der Waals surface area (Å²) in [5.41, 5.74) is 0.398. The normalized spacial score (nSPS) is 29.5. The maximum Gasteiger partial charge on any atom is 0.155 e. The summed E-state index contributed by atoms with van der Waals surface area (Å²) in [6.07, 6.45) is 0.126. The molecule has 3 fully saturated rings. The molecule has 2 bridgehead atoms. The zero-order valence-corrected chi connectivity index (χ0v) is 11.4. The molecular weight excluding hydrogens is 267 g/mol. The summed E-state index contributed by atoms with van der Waals surface area (Å²) in [7, 11) is 0. The van der Waals surface area contributed by atoms with Crippen molar-refractivity contribution in [3.8, 4) is 0 Å². The number of nitrogens with zero attached hydrogens (tertiary/aromatic N) is 2. The zero-order valence-electron chi connectivity index (χ0n) is 10.6. The van der Waals surface area contributed by atoms with Gasteiger partial charge in [-0.1, -0.05) is 11.6 Å². The molecule has 3 heterocycles. The quantitative estimate of drug-likeness (QED) is 0.841. The molecule has 3 saturated heterocycles. The number of piperazine rings is 3. The molecule has 1 unspecified atom stereocenters. The van der Waals surface area contributed by atoms with Gasteiger partial charge >= 0.3 is 0 Å². The molecule has 1 aromatic carbocycles. The van der Waals surface area contributed by atoms with Crippen LogP contribution < -0.4 is 0 Å². The van der Waals surface area contributed by atoms with E-state index in [1.54, 1.807) is 6.07 Å². The lowest BCUT2D eigenvalue weighted by atomic mass is 9.98. The zero-order chi connectivity index (χ0) is 13.4. The standard InChI is InChI=1S/C14H16ClFN2O/c15-11-1-2-12(16)10(7-11)8-14(19)13-9-17-3-5-18(13)6-4-17/h1-2,7,13H,3-6,8-9H2. The minimum atomic E-state index is -0.353. The fourth-order valence-corrected chi connectivity index (χ4v) is 3.10. The molecule has 3 aliphatic heterocycles. The molecule has 1 atom stereocenters. The number of carbonyl (C=O) groups is 1. The van der Waals surface area contributed by atoms with Crippen molar-refractivity contribution in [1.29, 1.82) is 0 Å². The average molecular weight is 283 g/mol. The van der Waals surface area contributed by atoms with Gasteiger partial charge in [0, 0.05) is 44.2 Å². The van der Waals surface area contributed by atoms with E-state index in [-0.39, 0.29) is 24.1 Å². The molecule has 0 N–H and O–H groups in total. The van der Waals surface area contributed by atoms with E-state index in [2.05, 4.69) is 9.80 Å². The highest BCUT2D eigenvalue weighted by Crippen LogP contribution is 2.20. The minimum absolute atomic E-state index is 0.0825. The van der Waals surface area contributed by atoms with Gasteiger partial charge in [0.05, 0.1) is 6.04 Å². The first-order valence-electron chi connectivity index (χ1n) is 6.56. The van der Waals surface area contributed by atoms with Crippen LogP contribution in [0.4, 0.5) is 4.39 Å². The minimum Gasteiger partial charge on any atom is -0.299 e. The molecule has 3 aliphatic rings. The van der Waals surface area contributed by atoms with Crippen molar-refractivity contribution in [1.82, 2.24) is 9.80 Å². The molecular formula is C14H16ClFN2O. The Hall–Kier alpha value is -0.970. The van der Waals surface area contributed by atoms with Crippen LogP contribution in [0.3, 0.4) is 0 Å². The number of rotatable bonds is 3. The van der Waals surface area contributed by atoms with Gasteiger partial charge in [-0.3, -0.25) is 14.6 Å². The largest absolute Gasteiger partial charge is 0.299 e. The van der Waals surface area contributed by atoms with Crippen LogP contribution >= 0.6 is 11.6 Å².